The summed E-state index contributed by atoms with van der Waals surface area (Å²) in [6, 6.07) is 106. The first-order chi connectivity index (χ1) is 69.4. The Morgan fingerprint density at radius 3 is 0.979 bits per heavy atom. The van der Waals surface area contributed by atoms with Gasteiger partial charge in [-0.25, -0.2) is 39.9 Å². The number of imidazole rings is 4. The first kappa shape index (κ1) is 75.1. The molecular formula is C124H72N16. The Hall–Kier alpha value is -18.3. The minimum absolute atomic E-state index is 0.764. The molecule has 8 aliphatic rings. The number of pyridine rings is 12. The van der Waals surface area contributed by atoms with E-state index in [0.29, 0.717) is 0 Å². The van der Waals surface area contributed by atoms with Gasteiger partial charge < -0.3 is 0 Å². The van der Waals surface area contributed by atoms with Gasteiger partial charge in [-0.2, -0.15) is 0 Å². The summed E-state index contributed by atoms with van der Waals surface area (Å²) in [6.07, 6.45) is 22.6. The van der Waals surface area contributed by atoms with Gasteiger partial charge in [0.15, 0.2) is 22.6 Å². The number of hydrogen-bond donors (Lipinski definition) is 0. The van der Waals surface area contributed by atoms with Crippen molar-refractivity contribution >= 4 is 154 Å². The SMILES string of the molecule is c1ccc2c(c1)Cc1cc3c(cc1-2)-c1ccc2c(c1C3)c1ncccc1n1c3cccnc3nc21.c1ccc2c(c1)Cc1cc3c(cc1-2)Cc1cc2c(cc1-3)c1nc3ncccc3n1c1cccnc21.c1ccc2c(c1)Cc1ccc3c(c1-2)-c1ccc2c(c1C3)c1ncccc1n1c3cccnc3nc21.c1ccc2c(c1)Cc1ccc3c(c1-2)Cc1cc2c(cc1-3)c1nc3ncccc3n1c1cccnc21. The molecule has 0 saturated heterocycles. The van der Waals surface area contributed by atoms with Gasteiger partial charge in [0.1, 0.15) is 22.6 Å². The topological polar surface area (TPSA) is 172 Å². The normalized spacial score (nSPS) is 13.5. The van der Waals surface area contributed by atoms with E-state index in [-0.39, 0.29) is 0 Å². The molecule has 0 N–H and O–H groups in total. The van der Waals surface area contributed by atoms with Crippen LogP contribution < -0.4 is 0 Å². The van der Waals surface area contributed by atoms with E-state index in [2.05, 4.69) is 280 Å². The number of hydrogen-bond acceptors (Lipinski definition) is 12. The molecule has 0 atom stereocenters. The van der Waals surface area contributed by atoms with Crippen LogP contribution in [-0.2, 0) is 51.4 Å². The van der Waals surface area contributed by atoms with Gasteiger partial charge in [-0.3, -0.25) is 37.5 Å². The molecule has 0 spiro atoms. The second kappa shape index (κ2) is 27.7. The van der Waals surface area contributed by atoms with Gasteiger partial charge in [-0.1, -0.05) is 140 Å². The second-order valence-electron chi connectivity index (χ2n) is 38.7. The number of aromatic nitrogens is 16. The summed E-state index contributed by atoms with van der Waals surface area (Å²) >= 11 is 0. The average molecular weight is 1790 g/mol. The lowest BCUT2D eigenvalue weighted by Crippen LogP contribution is -1.96. The van der Waals surface area contributed by atoms with E-state index in [0.717, 1.165) is 195 Å². The third-order valence-electron chi connectivity index (χ3n) is 31.7. The zero-order chi connectivity index (χ0) is 90.7. The number of fused-ring (bicyclic) bond motifs is 60. The van der Waals surface area contributed by atoms with Gasteiger partial charge in [0, 0.05) is 92.7 Å². The number of nitrogens with zero attached hydrogens (tertiary/aromatic N) is 16. The van der Waals surface area contributed by atoms with Crippen LogP contribution in [0, 0.1) is 0 Å². The fraction of sp³-hybridized carbons (Fsp3) is 0.0645. The molecule has 0 aliphatic heterocycles. The van der Waals surface area contributed by atoms with Crippen molar-refractivity contribution in [2.45, 2.75) is 51.4 Å². The Labute approximate surface area is 796 Å². The van der Waals surface area contributed by atoms with Crippen LogP contribution in [0.2, 0.25) is 0 Å². The average Bonchev–Trinajstić information content (AvgIpc) is 1.57. The molecule has 36 rings (SSSR count). The summed E-state index contributed by atoms with van der Waals surface area (Å²) in [6.45, 7) is 0. The van der Waals surface area contributed by atoms with Crippen LogP contribution in [-0.4, -0.2) is 77.4 Å². The largest absolute Gasteiger partial charge is 0.288 e. The van der Waals surface area contributed by atoms with Crippen LogP contribution in [0.4, 0.5) is 0 Å². The fourth-order valence-corrected chi connectivity index (χ4v) is 25.9. The van der Waals surface area contributed by atoms with Crippen molar-refractivity contribution in [1.29, 1.82) is 0 Å². The quantitative estimate of drug-likeness (QED) is 0.132. The Kier molecular flexibility index (Phi) is 14.9. The highest BCUT2D eigenvalue weighted by molar-refractivity contribution is 6.20. The molecule has 0 bridgehead atoms. The van der Waals surface area contributed by atoms with Crippen LogP contribution in [0.5, 0.6) is 0 Å². The van der Waals surface area contributed by atoms with Crippen molar-refractivity contribution in [3.05, 3.63) is 430 Å². The maximum Gasteiger partial charge on any atom is 0.178 e. The number of benzene rings is 12. The van der Waals surface area contributed by atoms with E-state index >= 15 is 0 Å². The Bertz CT molecular complexity index is 10700. The summed E-state index contributed by atoms with van der Waals surface area (Å²) in [5.74, 6) is 0. The molecule has 12 aromatic carbocycles. The lowest BCUT2D eigenvalue weighted by atomic mass is 9.93. The Morgan fingerprint density at radius 2 is 0.464 bits per heavy atom. The van der Waals surface area contributed by atoms with E-state index in [1.54, 1.807) is 0 Å². The smallest absolute Gasteiger partial charge is 0.178 e. The van der Waals surface area contributed by atoms with Crippen LogP contribution in [0.15, 0.2) is 341 Å². The van der Waals surface area contributed by atoms with Crippen LogP contribution in [0.3, 0.4) is 0 Å². The standard InChI is InChI=1S/4C31H18N4/c1-2-6-20-17(5-1)15-18-9-10-19-16-23-21(27(19)26(18)20)11-12-22-28(23)29-24(7-3-13-32-29)35-25-8-4-14-33-30(25)34-31(22)35;1-2-6-20-17(5-1)13-18-14-19-15-25-21(24(19)16-23(18)20)9-10-22-28(25)29-26(7-3-11-32-29)35-27-8-4-12-33-30(27)34-31(22)35;1-2-6-20-17(5-1)13-18-9-10-21-22-16-25-24(15-19(22)14-23(21)28(18)20)29-26(7-3-11-32-29)35-27-8-4-12-33-30(27)34-31(25)35;1-2-6-21-17(5-1)11-18-14-23-19(13-22(18)21)12-20-15-25-26(16-24(20)23)31-34-30-28(8-4-10-33-30)35(31)27-7-3-9-32-29(25)27/h1-14H,15-16H2;1-12,14,16H,13,15H2;1-12,15-16H,13-14H2;1-10,13-16H,11-12H2. The van der Waals surface area contributed by atoms with Gasteiger partial charge in [-0.15, -0.1) is 0 Å². The van der Waals surface area contributed by atoms with Crippen LogP contribution in [0.25, 0.3) is 243 Å². The highest BCUT2D eigenvalue weighted by Crippen LogP contribution is 2.56. The summed E-state index contributed by atoms with van der Waals surface area (Å²) in [7, 11) is 0. The van der Waals surface area contributed by atoms with Crippen molar-refractivity contribution in [1.82, 2.24) is 77.4 Å². The summed E-state index contributed by atoms with van der Waals surface area (Å²) in [5, 5.41) is 9.29. The molecule has 140 heavy (non-hydrogen) atoms. The maximum atomic E-state index is 4.99. The van der Waals surface area contributed by atoms with Crippen molar-refractivity contribution in [3.63, 3.8) is 0 Å². The van der Waals surface area contributed by atoms with Gasteiger partial charge >= 0.3 is 0 Å². The molecule has 648 valence electrons. The van der Waals surface area contributed by atoms with E-state index in [4.69, 9.17) is 39.9 Å². The maximum absolute atomic E-state index is 4.99. The molecular weight excluding hydrogens is 1710 g/mol. The summed E-state index contributed by atoms with van der Waals surface area (Å²) in [4.78, 5) is 57.6. The van der Waals surface area contributed by atoms with Crippen LogP contribution in [0.1, 0.15) is 89.0 Å². The third-order valence-corrected chi connectivity index (χ3v) is 31.7. The first-order valence-corrected chi connectivity index (χ1v) is 48.2. The monoisotopic (exact) mass is 1780 g/mol. The summed E-state index contributed by atoms with van der Waals surface area (Å²) in [5.41, 5.74) is 63.9. The highest BCUT2D eigenvalue weighted by atomic mass is 15.1. The second-order valence-corrected chi connectivity index (χ2v) is 38.7. The van der Waals surface area contributed by atoms with Gasteiger partial charge in [-0.05, 0) is 381 Å². The fourth-order valence-electron chi connectivity index (χ4n) is 25.9. The van der Waals surface area contributed by atoms with Crippen molar-refractivity contribution in [2.75, 3.05) is 0 Å². The molecule has 16 nitrogen and oxygen atoms in total. The van der Waals surface area contributed by atoms with E-state index in [9.17, 15) is 0 Å². The molecule has 16 aromatic heterocycles. The Balaban J connectivity index is 0.0000000829. The Morgan fingerprint density at radius 1 is 0.164 bits per heavy atom. The summed E-state index contributed by atoms with van der Waals surface area (Å²) < 4.78 is 8.87. The van der Waals surface area contributed by atoms with Gasteiger partial charge in [0.05, 0.1) is 66.2 Å². The molecule has 28 aromatic rings. The van der Waals surface area contributed by atoms with Crippen molar-refractivity contribution in [3.8, 4) is 89.0 Å². The molecule has 16 heterocycles. The third kappa shape index (κ3) is 10.3. The van der Waals surface area contributed by atoms with E-state index in [1.807, 2.05) is 98.1 Å². The first-order valence-electron chi connectivity index (χ1n) is 48.2. The van der Waals surface area contributed by atoms with E-state index < -0.39 is 0 Å². The lowest BCUT2D eigenvalue weighted by molar-refractivity contribution is 1.22. The predicted octanol–water partition coefficient (Wildman–Crippen LogP) is 26.9. The molecule has 0 amide bonds. The van der Waals surface area contributed by atoms with Crippen LogP contribution >= 0.6 is 0 Å². The van der Waals surface area contributed by atoms with Crippen molar-refractivity contribution in [2.24, 2.45) is 0 Å². The minimum atomic E-state index is 0.764. The molecule has 0 unspecified atom stereocenters. The lowest BCUT2D eigenvalue weighted by Gasteiger charge is -2.13. The minimum Gasteiger partial charge on any atom is -0.288 e. The predicted molar refractivity (Wildman–Crippen MR) is 559 cm³/mol. The van der Waals surface area contributed by atoms with Gasteiger partial charge in [0.25, 0.3) is 0 Å². The zero-order valence-corrected chi connectivity index (χ0v) is 75.1. The molecule has 8 aliphatic carbocycles. The molecule has 0 radical (unpaired) electrons. The molecule has 0 saturated carbocycles. The van der Waals surface area contributed by atoms with Gasteiger partial charge in [0.2, 0.25) is 0 Å². The van der Waals surface area contributed by atoms with E-state index in [1.165, 1.54) is 189 Å². The number of rotatable bonds is 0. The zero-order valence-electron chi connectivity index (χ0n) is 75.1. The molecule has 0 fully saturated rings. The van der Waals surface area contributed by atoms with Crippen molar-refractivity contribution < 1.29 is 0 Å². The molecule has 16 heteroatoms. The highest BCUT2D eigenvalue weighted by Gasteiger charge is 2.36.